The summed E-state index contributed by atoms with van der Waals surface area (Å²) in [5.41, 5.74) is 5.37. The molecule has 0 heterocycles. The van der Waals surface area contributed by atoms with Crippen molar-refractivity contribution in [1.29, 1.82) is 0 Å². The van der Waals surface area contributed by atoms with Crippen molar-refractivity contribution in [2.24, 2.45) is 0 Å². The molecule has 150 valence electrons. The number of rotatable bonds is 9. The molecule has 0 saturated heterocycles. The Labute approximate surface area is 169 Å². The number of allylic oxidation sites excluding steroid dienone is 8. The van der Waals surface area contributed by atoms with Gasteiger partial charge in [0.15, 0.2) is 0 Å². The Bertz CT molecular complexity index is 478. The highest BCUT2D eigenvalue weighted by Crippen LogP contribution is 2.22. The minimum Gasteiger partial charge on any atom is -0.257 e. The lowest BCUT2D eigenvalue weighted by Gasteiger charge is -2.10. The first-order chi connectivity index (χ1) is 12.1. The Balaban J connectivity index is -0.000000553. The highest BCUT2D eigenvalue weighted by Gasteiger charge is 2.03. The van der Waals surface area contributed by atoms with E-state index in [0.29, 0.717) is 0 Å². The average molecular weight is 378 g/mol. The molecular weight excluding hydrogens is 334 g/mol. The first kappa shape index (κ1) is 29.5. The third-order valence-electron chi connectivity index (χ3n) is 3.33. The van der Waals surface area contributed by atoms with Crippen LogP contribution in [0.25, 0.3) is 0 Å². The van der Waals surface area contributed by atoms with Gasteiger partial charge in [-0.2, -0.15) is 0 Å². The quantitative estimate of drug-likeness (QED) is 0.294. The lowest BCUT2D eigenvalue weighted by molar-refractivity contribution is 0.706. The molecule has 0 aromatic carbocycles. The predicted molar refractivity (Wildman–Crippen MR) is 128 cm³/mol. The van der Waals surface area contributed by atoms with E-state index in [4.69, 9.17) is 0 Å². The summed E-state index contributed by atoms with van der Waals surface area (Å²) in [7, 11) is 4.04. The highest BCUT2D eigenvalue weighted by atomic mass is 32.2. The molecule has 0 unspecified atom stereocenters. The zero-order valence-electron chi connectivity index (χ0n) is 18.7. The van der Waals surface area contributed by atoms with Crippen molar-refractivity contribution in [1.82, 2.24) is 4.31 Å². The Morgan fingerprint density at radius 2 is 1.23 bits per heavy atom. The topological polar surface area (TPSA) is 3.24 Å². The maximum atomic E-state index is 4.13. The Morgan fingerprint density at radius 3 is 1.54 bits per heavy atom. The van der Waals surface area contributed by atoms with E-state index in [0.717, 1.165) is 41.6 Å². The van der Waals surface area contributed by atoms with Gasteiger partial charge in [-0.1, -0.05) is 109 Å². The molecule has 0 fully saturated rings. The standard InChI is InChI=1S/C18H26.C3H9NS.C3H8/c1-8-14(4)11-12-16(6)17(7)18(10-3)13-15(5)9-2;1-4(2)5-3;1-3-2/h11-13H,4-10H2,1-3H3;1-3H3;3H2,1-2H3/b12-11-,18-13-;;. The van der Waals surface area contributed by atoms with E-state index in [1.165, 1.54) is 12.0 Å². The molecule has 0 bridgehead atoms. The summed E-state index contributed by atoms with van der Waals surface area (Å²) in [5, 5.41) is 0. The Morgan fingerprint density at radius 1 is 0.808 bits per heavy atom. The monoisotopic (exact) mass is 377 g/mol. The summed E-state index contributed by atoms with van der Waals surface area (Å²) in [6.45, 7) is 26.7. The molecule has 2 heteroatoms. The van der Waals surface area contributed by atoms with Gasteiger partial charge in [-0.05, 0) is 56.3 Å². The first-order valence-corrected chi connectivity index (χ1v) is 10.7. The Hall–Kier alpha value is -1.25. The largest absolute Gasteiger partial charge is 0.257 e. The van der Waals surface area contributed by atoms with E-state index < -0.39 is 0 Å². The second-order valence-electron chi connectivity index (χ2n) is 6.09. The van der Waals surface area contributed by atoms with Crippen LogP contribution in [0.1, 0.15) is 60.3 Å². The molecule has 1 nitrogen and oxygen atoms in total. The van der Waals surface area contributed by atoms with Crippen molar-refractivity contribution in [2.75, 3.05) is 20.4 Å². The molecule has 0 atom stereocenters. The molecule has 0 aromatic heterocycles. The lowest BCUT2D eigenvalue weighted by atomic mass is 9.95. The number of hydrogen-bond donors (Lipinski definition) is 0. The van der Waals surface area contributed by atoms with Crippen LogP contribution < -0.4 is 0 Å². The summed E-state index contributed by atoms with van der Waals surface area (Å²) >= 11 is 1.71. The van der Waals surface area contributed by atoms with Crippen LogP contribution >= 0.6 is 11.9 Å². The van der Waals surface area contributed by atoms with Crippen LogP contribution in [-0.2, 0) is 0 Å². The number of nitrogens with zero attached hydrogens (tertiary/aromatic N) is 1. The van der Waals surface area contributed by atoms with E-state index in [-0.39, 0.29) is 0 Å². The van der Waals surface area contributed by atoms with E-state index in [2.05, 4.69) is 67.0 Å². The van der Waals surface area contributed by atoms with Crippen molar-refractivity contribution in [3.05, 3.63) is 72.4 Å². The van der Waals surface area contributed by atoms with Crippen molar-refractivity contribution in [3.63, 3.8) is 0 Å². The van der Waals surface area contributed by atoms with Crippen molar-refractivity contribution in [2.45, 2.75) is 60.3 Å². The smallest absolute Gasteiger partial charge is 0.00286 e. The Kier molecular flexibility index (Phi) is 22.8. The highest BCUT2D eigenvalue weighted by molar-refractivity contribution is 7.96. The maximum absolute atomic E-state index is 4.13. The summed E-state index contributed by atoms with van der Waals surface area (Å²) < 4.78 is 2.04. The van der Waals surface area contributed by atoms with Crippen LogP contribution in [0.5, 0.6) is 0 Å². The normalized spacial score (nSPS) is 10.6. The summed E-state index contributed by atoms with van der Waals surface area (Å²) in [6.07, 6.45) is 12.3. The van der Waals surface area contributed by atoms with Crippen LogP contribution in [0.2, 0.25) is 0 Å². The van der Waals surface area contributed by atoms with E-state index in [1.807, 2.05) is 36.8 Å². The third kappa shape index (κ3) is 19.1. The summed E-state index contributed by atoms with van der Waals surface area (Å²) in [4.78, 5) is 0. The molecule has 0 amide bonds. The van der Waals surface area contributed by atoms with Gasteiger partial charge in [-0.3, -0.25) is 4.31 Å². The molecule has 0 N–H and O–H groups in total. The number of hydrogen-bond acceptors (Lipinski definition) is 2. The van der Waals surface area contributed by atoms with Crippen molar-refractivity contribution < 1.29 is 0 Å². The van der Waals surface area contributed by atoms with Crippen molar-refractivity contribution in [3.8, 4) is 0 Å². The molecule has 0 rings (SSSR count). The second kappa shape index (κ2) is 20.1. The van der Waals surface area contributed by atoms with Crippen LogP contribution in [-0.4, -0.2) is 24.7 Å². The molecule has 0 aliphatic carbocycles. The van der Waals surface area contributed by atoms with E-state index in [1.54, 1.807) is 11.9 Å². The first-order valence-electron chi connectivity index (χ1n) is 9.48. The second-order valence-corrected chi connectivity index (χ2v) is 7.18. The third-order valence-corrected chi connectivity index (χ3v) is 4.06. The molecule has 0 aliphatic heterocycles. The molecule has 0 radical (unpaired) electrons. The fraction of sp³-hybridized carbons (Fsp3) is 0.500. The molecule has 0 saturated carbocycles. The molecule has 0 aromatic rings. The summed E-state index contributed by atoms with van der Waals surface area (Å²) in [6, 6.07) is 0. The van der Waals surface area contributed by atoms with E-state index in [9.17, 15) is 0 Å². The molecule has 0 aliphatic rings. The van der Waals surface area contributed by atoms with Gasteiger partial charge in [-0.25, -0.2) is 0 Å². The maximum Gasteiger partial charge on any atom is -0.00286 e. The zero-order valence-corrected chi connectivity index (χ0v) is 19.6. The van der Waals surface area contributed by atoms with Crippen molar-refractivity contribution >= 4 is 11.9 Å². The fourth-order valence-electron chi connectivity index (χ4n) is 1.39. The van der Waals surface area contributed by atoms with Gasteiger partial charge in [-0.15, -0.1) is 0 Å². The van der Waals surface area contributed by atoms with Gasteiger partial charge in [0.2, 0.25) is 0 Å². The molecular formula is C24H43NS. The van der Waals surface area contributed by atoms with Crippen LogP contribution in [0.4, 0.5) is 0 Å². The minimum atomic E-state index is 0.944. The summed E-state index contributed by atoms with van der Waals surface area (Å²) in [5.74, 6) is 0. The van der Waals surface area contributed by atoms with Crippen LogP contribution in [0.3, 0.4) is 0 Å². The predicted octanol–water partition coefficient (Wildman–Crippen LogP) is 8.17. The van der Waals surface area contributed by atoms with Gasteiger partial charge in [0.1, 0.15) is 0 Å². The SMILES string of the molecule is C=C(/C=C\C(=C)C(=C)/C(=C\C(=C)CC)CC)CC.CCC.CSN(C)C. The van der Waals surface area contributed by atoms with Crippen LogP contribution in [0.15, 0.2) is 72.4 Å². The lowest BCUT2D eigenvalue weighted by Crippen LogP contribution is -1.95. The zero-order chi connectivity index (χ0) is 21.1. The van der Waals surface area contributed by atoms with Gasteiger partial charge >= 0.3 is 0 Å². The minimum absolute atomic E-state index is 0.944. The van der Waals surface area contributed by atoms with Gasteiger partial charge in [0.25, 0.3) is 0 Å². The average Bonchev–Trinajstić information content (AvgIpc) is 2.63. The van der Waals surface area contributed by atoms with Crippen LogP contribution in [0, 0.1) is 0 Å². The van der Waals surface area contributed by atoms with Gasteiger partial charge < -0.3 is 0 Å². The molecule has 0 spiro atoms. The van der Waals surface area contributed by atoms with Gasteiger partial charge in [0.05, 0.1) is 0 Å². The van der Waals surface area contributed by atoms with E-state index >= 15 is 0 Å². The molecule has 26 heavy (non-hydrogen) atoms. The fourth-order valence-corrected chi connectivity index (χ4v) is 1.39. The van der Waals surface area contributed by atoms with Gasteiger partial charge in [0, 0.05) is 0 Å².